The topological polar surface area (TPSA) is 67.9 Å². The summed E-state index contributed by atoms with van der Waals surface area (Å²) >= 11 is 0. The van der Waals surface area contributed by atoms with Crippen LogP contribution in [0.3, 0.4) is 0 Å². The highest BCUT2D eigenvalue weighted by atomic mass is 19.3. The molecule has 1 aromatic carbocycles. The Hall–Kier alpha value is -2.77. The van der Waals surface area contributed by atoms with Crippen LogP contribution in [0, 0.1) is 17.7 Å². The largest absolute Gasteiger partial charge is 0.435 e. The van der Waals surface area contributed by atoms with E-state index >= 15 is 0 Å². The molecule has 1 aliphatic heterocycles. The predicted octanol–water partition coefficient (Wildman–Crippen LogP) is 4.16. The lowest BCUT2D eigenvalue weighted by Crippen LogP contribution is -2.45. The second-order valence-electron chi connectivity index (χ2n) is 8.80. The van der Waals surface area contributed by atoms with E-state index in [2.05, 4.69) is 4.99 Å². The van der Waals surface area contributed by atoms with Gasteiger partial charge in [0.15, 0.2) is 11.5 Å². The number of hydrogen-bond donors (Lipinski definition) is 1. The van der Waals surface area contributed by atoms with E-state index in [1.54, 1.807) is 25.3 Å². The summed E-state index contributed by atoms with van der Waals surface area (Å²) in [6.45, 7) is -2.91. The zero-order valence-electron chi connectivity index (χ0n) is 17.2. The fourth-order valence-corrected chi connectivity index (χ4v) is 4.75. The summed E-state index contributed by atoms with van der Waals surface area (Å²) in [5, 5.41) is 0. The van der Waals surface area contributed by atoms with E-state index < -0.39 is 18.1 Å². The number of hydrogen-bond acceptors (Lipinski definition) is 4. The fraction of sp³-hybridized carbons (Fsp3) is 0.478. The Bertz CT molecular complexity index is 1030. The van der Waals surface area contributed by atoms with E-state index in [4.69, 9.17) is 10.5 Å². The normalized spacial score (nSPS) is 28.5. The molecule has 0 saturated heterocycles. The lowest BCUT2D eigenvalue weighted by atomic mass is 9.73. The number of rotatable bonds is 6. The van der Waals surface area contributed by atoms with E-state index in [0.29, 0.717) is 16.7 Å². The molecular weight excluding hydrogens is 407 g/mol. The minimum Gasteiger partial charge on any atom is -0.435 e. The first kappa shape index (κ1) is 20.2. The van der Waals surface area contributed by atoms with Gasteiger partial charge in [-0.1, -0.05) is 12.1 Å². The molecular formula is C23H24F3N3O2. The molecule has 31 heavy (non-hydrogen) atoms. The number of alkyl halides is 2. The molecule has 1 heterocycles. The average Bonchev–Trinajstić information content (AvgIpc) is 3.64. The summed E-state index contributed by atoms with van der Waals surface area (Å²) in [7, 11) is 1.56. The van der Waals surface area contributed by atoms with Gasteiger partial charge in [0.2, 0.25) is 0 Å². The zero-order chi connectivity index (χ0) is 21.9. The van der Waals surface area contributed by atoms with Gasteiger partial charge < -0.3 is 10.5 Å². The fourth-order valence-electron chi connectivity index (χ4n) is 4.75. The Morgan fingerprint density at radius 3 is 2.52 bits per heavy atom. The molecule has 5 rings (SSSR count). The number of carbonyl (C=O) groups is 1. The van der Waals surface area contributed by atoms with Crippen LogP contribution in [-0.2, 0) is 15.1 Å². The van der Waals surface area contributed by atoms with Crippen molar-refractivity contribution in [2.45, 2.75) is 50.2 Å². The Kier molecular flexibility index (Phi) is 4.64. The van der Waals surface area contributed by atoms with Crippen LogP contribution in [-0.4, -0.2) is 30.4 Å². The van der Waals surface area contributed by atoms with Gasteiger partial charge in [-0.25, -0.2) is 9.38 Å². The maximum Gasteiger partial charge on any atom is 0.387 e. The van der Waals surface area contributed by atoms with Crippen molar-refractivity contribution in [1.82, 2.24) is 4.90 Å². The summed E-state index contributed by atoms with van der Waals surface area (Å²) in [5.74, 6) is -0.483. The van der Waals surface area contributed by atoms with Crippen LogP contribution in [0.15, 0.2) is 46.7 Å². The van der Waals surface area contributed by atoms with Crippen LogP contribution in [0.1, 0.15) is 49.1 Å². The minimum atomic E-state index is -2.91. The van der Waals surface area contributed by atoms with Gasteiger partial charge in [0.25, 0.3) is 5.91 Å². The van der Waals surface area contributed by atoms with E-state index in [-0.39, 0.29) is 41.7 Å². The first-order chi connectivity index (χ1) is 14.8. The van der Waals surface area contributed by atoms with Gasteiger partial charge in [-0.15, -0.1) is 0 Å². The van der Waals surface area contributed by atoms with Gasteiger partial charge >= 0.3 is 6.61 Å². The number of nitrogens with zero attached hydrogens (tertiary/aromatic N) is 2. The predicted molar refractivity (Wildman–Crippen MR) is 109 cm³/mol. The molecule has 5 nitrogen and oxygen atoms in total. The van der Waals surface area contributed by atoms with Gasteiger partial charge in [-0.05, 0) is 78.8 Å². The van der Waals surface area contributed by atoms with Crippen LogP contribution >= 0.6 is 0 Å². The summed E-state index contributed by atoms with van der Waals surface area (Å²) < 4.78 is 45.0. The van der Waals surface area contributed by atoms with E-state index in [0.717, 1.165) is 25.7 Å². The number of carbonyl (C=O) groups excluding carboxylic acids is 1. The molecule has 2 N–H and O–H groups in total. The average molecular weight is 431 g/mol. The highest BCUT2D eigenvalue weighted by Gasteiger charge is 2.54. The molecule has 0 radical (unpaired) electrons. The third-order valence-electron chi connectivity index (χ3n) is 6.71. The quantitative estimate of drug-likeness (QED) is 0.735. The first-order valence-corrected chi connectivity index (χ1v) is 10.6. The van der Waals surface area contributed by atoms with E-state index in [1.807, 2.05) is 6.08 Å². The lowest BCUT2D eigenvalue weighted by molar-refractivity contribution is -0.132. The van der Waals surface area contributed by atoms with Crippen molar-refractivity contribution in [3.63, 3.8) is 0 Å². The molecule has 0 spiro atoms. The van der Waals surface area contributed by atoms with Crippen LogP contribution in [0.4, 0.5) is 13.2 Å². The molecule has 0 aromatic heterocycles. The SMILES string of the molecule is CN1C(=O)[C@](c2ccc(F)c(C3CC3)c2)(C2C=C(C3CC3)C(OC(F)F)=CC2)N=C1N. The number of ether oxygens (including phenoxy) is 1. The summed E-state index contributed by atoms with van der Waals surface area (Å²) in [6.07, 6.45) is 7.36. The third-order valence-corrected chi connectivity index (χ3v) is 6.71. The molecule has 2 fully saturated rings. The molecule has 0 bridgehead atoms. The number of guanidine groups is 1. The van der Waals surface area contributed by atoms with E-state index in [1.165, 1.54) is 11.0 Å². The molecule has 1 amide bonds. The number of likely N-dealkylation sites (N-methyl/N-ethyl adjacent to an activating group) is 1. The molecule has 2 atom stereocenters. The molecule has 3 aliphatic carbocycles. The van der Waals surface area contributed by atoms with Crippen molar-refractivity contribution in [1.29, 1.82) is 0 Å². The second kappa shape index (κ2) is 7.14. The summed E-state index contributed by atoms with van der Waals surface area (Å²) in [6, 6.07) is 4.71. The minimum absolute atomic E-state index is 0.0854. The molecule has 8 heteroatoms. The third kappa shape index (κ3) is 3.32. The Morgan fingerprint density at radius 2 is 1.94 bits per heavy atom. The number of halogens is 3. The van der Waals surface area contributed by atoms with E-state index in [9.17, 15) is 18.0 Å². The van der Waals surface area contributed by atoms with Gasteiger partial charge in [0, 0.05) is 13.0 Å². The van der Waals surface area contributed by atoms with Gasteiger partial charge in [0.05, 0.1) is 0 Å². The van der Waals surface area contributed by atoms with Crippen LogP contribution in [0.25, 0.3) is 0 Å². The number of nitrogens with two attached hydrogens (primary N) is 1. The maximum atomic E-state index is 14.4. The number of amides is 1. The standard InChI is InChI=1S/C23H24F3N3O2/c1-29-20(30)23(28-22(29)27,14-6-8-18(24)16(10-14)12-2-3-12)15-7-9-19(31-21(25)26)17(11-15)13-4-5-13/h6,8-13,15,21H,2-5,7H2,1H3,(H2,27,28)/t15?,23-/m0/s1. The monoisotopic (exact) mass is 431 g/mol. The number of aliphatic imine (C=N–C) groups is 1. The van der Waals surface area contributed by atoms with Crippen molar-refractivity contribution in [3.8, 4) is 0 Å². The summed E-state index contributed by atoms with van der Waals surface area (Å²) in [5.41, 5.74) is 6.55. The molecule has 2 saturated carbocycles. The van der Waals surface area contributed by atoms with Crippen molar-refractivity contribution in [2.75, 3.05) is 7.05 Å². The van der Waals surface area contributed by atoms with Crippen LogP contribution in [0.5, 0.6) is 0 Å². The van der Waals surface area contributed by atoms with Gasteiger partial charge in [0.1, 0.15) is 11.6 Å². The molecule has 4 aliphatic rings. The van der Waals surface area contributed by atoms with Crippen molar-refractivity contribution >= 4 is 11.9 Å². The molecule has 164 valence electrons. The van der Waals surface area contributed by atoms with Crippen molar-refractivity contribution < 1.29 is 22.7 Å². The highest BCUT2D eigenvalue weighted by Crippen LogP contribution is 2.50. The number of benzene rings is 1. The van der Waals surface area contributed by atoms with Crippen LogP contribution < -0.4 is 5.73 Å². The Morgan fingerprint density at radius 1 is 1.23 bits per heavy atom. The Balaban J connectivity index is 1.61. The lowest BCUT2D eigenvalue weighted by Gasteiger charge is -2.34. The zero-order valence-corrected chi connectivity index (χ0v) is 17.2. The van der Waals surface area contributed by atoms with Crippen molar-refractivity contribution in [2.24, 2.45) is 22.6 Å². The Labute approximate surface area is 178 Å². The van der Waals surface area contributed by atoms with Crippen LogP contribution in [0.2, 0.25) is 0 Å². The highest BCUT2D eigenvalue weighted by molar-refractivity contribution is 6.07. The van der Waals surface area contributed by atoms with Gasteiger partial charge in [-0.3, -0.25) is 9.69 Å². The number of allylic oxidation sites excluding steroid dienone is 2. The first-order valence-electron chi connectivity index (χ1n) is 10.6. The second-order valence-corrected chi connectivity index (χ2v) is 8.80. The van der Waals surface area contributed by atoms with Crippen molar-refractivity contribution in [3.05, 3.63) is 58.6 Å². The van der Waals surface area contributed by atoms with Gasteiger partial charge in [-0.2, -0.15) is 8.78 Å². The molecule has 1 aromatic rings. The maximum absolute atomic E-state index is 14.4. The summed E-state index contributed by atoms with van der Waals surface area (Å²) in [4.78, 5) is 19.4. The molecule has 1 unspecified atom stereocenters. The smallest absolute Gasteiger partial charge is 0.387 e.